The van der Waals surface area contributed by atoms with Gasteiger partial charge in [0, 0.05) is 39.8 Å². The van der Waals surface area contributed by atoms with E-state index in [1.165, 1.54) is 19.2 Å². The van der Waals surface area contributed by atoms with Crippen LogP contribution in [-0.4, -0.2) is 39.8 Å². The van der Waals surface area contributed by atoms with Crippen LogP contribution < -0.4 is 4.74 Å². The van der Waals surface area contributed by atoms with Gasteiger partial charge in [0.1, 0.15) is 23.0 Å². The molecule has 3 N–H and O–H groups in total. The maximum absolute atomic E-state index is 13.6. The van der Waals surface area contributed by atoms with Gasteiger partial charge in [-0.15, -0.1) is 0 Å². The molecular weight excluding hydrogens is 544 g/mol. The molecule has 0 unspecified atom stereocenters. The van der Waals surface area contributed by atoms with Crippen LogP contribution in [-0.2, 0) is 6.42 Å². The molecule has 0 radical (unpaired) electrons. The van der Waals surface area contributed by atoms with Crippen LogP contribution in [0.3, 0.4) is 0 Å². The lowest BCUT2D eigenvalue weighted by molar-refractivity contribution is 0.102. The summed E-state index contributed by atoms with van der Waals surface area (Å²) in [5, 5.41) is 33.8. The highest BCUT2D eigenvalue weighted by Crippen LogP contribution is 2.42. The van der Waals surface area contributed by atoms with Gasteiger partial charge >= 0.3 is 0 Å². The molecule has 0 spiro atoms. The monoisotopic (exact) mass is 572 g/mol. The normalized spacial score (nSPS) is 10.7. The van der Waals surface area contributed by atoms with E-state index < -0.39 is 28.8 Å². The second-order valence-electron chi connectivity index (χ2n) is 10.00. The van der Waals surface area contributed by atoms with Crippen molar-refractivity contribution in [1.82, 2.24) is 0 Å². The average molecular weight is 573 g/mol. The molecule has 0 aliphatic heterocycles. The van der Waals surface area contributed by atoms with Crippen molar-refractivity contribution in [3.05, 3.63) is 153 Å². The zero-order valence-corrected chi connectivity index (χ0v) is 23.5. The minimum absolute atomic E-state index is 0.00409. The Morgan fingerprint density at radius 1 is 0.581 bits per heavy atom. The third-order valence-electron chi connectivity index (χ3n) is 7.34. The number of benzene rings is 5. The van der Waals surface area contributed by atoms with E-state index in [1.807, 2.05) is 0 Å². The van der Waals surface area contributed by atoms with Crippen molar-refractivity contribution in [1.29, 1.82) is 0 Å². The van der Waals surface area contributed by atoms with Gasteiger partial charge in [0.05, 0.1) is 23.8 Å². The van der Waals surface area contributed by atoms with Crippen molar-refractivity contribution in [2.75, 3.05) is 7.11 Å². The predicted molar refractivity (Wildman–Crippen MR) is 162 cm³/mol. The molecule has 0 aliphatic carbocycles. The summed E-state index contributed by atoms with van der Waals surface area (Å²) >= 11 is 0. The average Bonchev–Trinajstić information content (AvgIpc) is 3.05. The van der Waals surface area contributed by atoms with Crippen LogP contribution in [0.5, 0.6) is 23.0 Å². The highest BCUT2D eigenvalue weighted by molar-refractivity contribution is 6.16. The summed E-state index contributed by atoms with van der Waals surface area (Å²) in [5.41, 5.74) is 1.06. The predicted octanol–water partition coefficient (Wildman–Crippen LogP) is 6.40. The molecule has 0 aliphatic rings. The summed E-state index contributed by atoms with van der Waals surface area (Å²) in [5.74, 6) is -2.61. The molecule has 0 atom stereocenters. The number of hydrogen-bond acceptors (Lipinski definition) is 7. The number of carbonyl (C=O) groups is 3. The number of phenolic OH excluding ortho intramolecular Hbond substituents is 3. The van der Waals surface area contributed by atoms with Gasteiger partial charge in [-0.1, -0.05) is 91.0 Å². The number of ketones is 3. The van der Waals surface area contributed by atoms with Crippen LogP contribution in [0.25, 0.3) is 0 Å². The van der Waals surface area contributed by atoms with Crippen LogP contribution in [0.2, 0.25) is 0 Å². The number of carbonyl (C=O) groups excluding carboxylic acids is 3. The molecular formula is C36H28O7. The summed E-state index contributed by atoms with van der Waals surface area (Å²) in [7, 11) is 1.39. The third kappa shape index (κ3) is 5.48. The minimum Gasteiger partial charge on any atom is -0.507 e. The van der Waals surface area contributed by atoms with E-state index in [9.17, 15) is 29.7 Å². The zero-order valence-electron chi connectivity index (χ0n) is 23.5. The molecule has 0 saturated heterocycles. The molecule has 0 saturated carbocycles. The van der Waals surface area contributed by atoms with E-state index in [4.69, 9.17) is 4.74 Å². The standard InChI is InChI=1S/C36H28O7/c1-21-30(37)26(31(38)22-12-6-3-7-13-22)18-25(36(21)43-2)19-27-34(41)28(32(39)23-14-8-4-9-15-23)20-29(35(27)42)33(40)24-16-10-5-11-17-24/h3-18,20,37,41-42H,19H2,1-2H3. The number of phenols is 3. The van der Waals surface area contributed by atoms with E-state index >= 15 is 0 Å². The molecule has 7 heteroatoms. The quantitative estimate of drug-likeness (QED) is 0.175. The van der Waals surface area contributed by atoms with Crippen LogP contribution in [0, 0.1) is 6.92 Å². The smallest absolute Gasteiger partial charge is 0.196 e. The van der Waals surface area contributed by atoms with Crippen molar-refractivity contribution in [2.24, 2.45) is 0 Å². The lowest BCUT2D eigenvalue weighted by Crippen LogP contribution is -2.10. The van der Waals surface area contributed by atoms with Gasteiger partial charge < -0.3 is 20.1 Å². The molecule has 0 bridgehead atoms. The van der Waals surface area contributed by atoms with E-state index in [0.717, 1.165) is 0 Å². The Hall–Kier alpha value is -5.69. The first-order valence-electron chi connectivity index (χ1n) is 13.5. The topological polar surface area (TPSA) is 121 Å². The fourth-order valence-electron chi connectivity index (χ4n) is 5.10. The Kier molecular flexibility index (Phi) is 8.07. The van der Waals surface area contributed by atoms with Crippen molar-refractivity contribution < 1.29 is 34.4 Å². The molecule has 0 fully saturated rings. The Morgan fingerprint density at radius 3 is 1.33 bits per heavy atom. The highest BCUT2D eigenvalue weighted by atomic mass is 16.5. The zero-order chi connectivity index (χ0) is 30.7. The van der Waals surface area contributed by atoms with Gasteiger partial charge in [0.15, 0.2) is 17.3 Å². The molecule has 0 aromatic heterocycles. The summed E-state index contributed by atoms with van der Waals surface area (Å²) in [4.78, 5) is 40.5. The number of ether oxygens (including phenoxy) is 1. The lowest BCUT2D eigenvalue weighted by atomic mass is 9.88. The van der Waals surface area contributed by atoms with Gasteiger partial charge in [-0.25, -0.2) is 0 Å². The van der Waals surface area contributed by atoms with Crippen LogP contribution >= 0.6 is 0 Å². The molecule has 5 aromatic carbocycles. The Labute approximate surface area is 248 Å². The molecule has 214 valence electrons. The summed E-state index contributed by atoms with van der Waals surface area (Å²) < 4.78 is 5.57. The second kappa shape index (κ2) is 12.0. The van der Waals surface area contributed by atoms with Crippen molar-refractivity contribution >= 4 is 17.3 Å². The SMILES string of the molecule is COc1c(Cc2c(O)c(C(=O)c3ccccc3)cc(C(=O)c3ccccc3)c2O)cc(C(=O)c2ccccc2)c(O)c1C. The van der Waals surface area contributed by atoms with Crippen LogP contribution in [0.1, 0.15) is 64.5 Å². The number of hydrogen-bond donors (Lipinski definition) is 3. The van der Waals surface area contributed by atoms with Gasteiger partial charge in [-0.2, -0.15) is 0 Å². The Bertz CT molecular complexity index is 1770. The first-order chi connectivity index (χ1) is 20.7. The molecule has 0 amide bonds. The lowest BCUT2D eigenvalue weighted by Gasteiger charge is -2.19. The highest BCUT2D eigenvalue weighted by Gasteiger charge is 2.28. The Morgan fingerprint density at radius 2 is 0.953 bits per heavy atom. The molecule has 0 heterocycles. The van der Waals surface area contributed by atoms with Crippen molar-refractivity contribution in [2.45, 2.75) is 13.3 Å². The van der Waals surface area contributed by atoms with Crippen LogP contribution in [0.4, 0.5) is 0 Å². The summed E-state index contributed by atoms with van der Waals surface area (Å²) in [6, 6.07) is 27.6. The van der Waals surface area contributed by atoms with Crippen molar-refractivity contribution in [3.63, 3.8) is 0 Å². The Balaban J connectivity index is 1.71. The van der Waals surface area contributed by atoms with E-state index in [2.05, 4.69) is 0 Å². The summed E-state index contributed by atoms with van der Waals surface area (Å²) in [6.07, 6.45) is -0.234. The van der Waals surface area contributed by atoms with E-state index in [1.54, 1.807) is 97.9 Å². The first-order valence-corrected chi connectivity index (χ1v) is 13.5. The molecule has 5 rings (SSSR count). The minimum atomic E-state index is -0.546. The summed E-state index contributed by atoms with van der Waals surface area (Å²) in [6.45, 7) is 1.58. The molecule has 5 aromatic rings. The fraction of sp³-hybridized carbons (Fsp3) is 0.0833. The third-order valence-corrected chi connectivity index (χ3v) is 7.34. The van der Waals surface area contributed by atoms with Gasteiger partial charge in [0.25, 0.3) is 0 Å². The molecule has 43 heavy (non-hydrogen) atoms. The maximum Gasteiger partial charge on any atom is 0.196 e. The first kappa shape index (κ1) is 28.8. The van der Waals surface area contributed by atoms with Gasteiger partial charge in [-0.05, 0) is 19.1 Å². The number of methoxy groups -OCH3 is 1. The fourth-order valence-corrected chi connectivity index (χ4v) is 5.10. The largest absolute Gasteiger partial charge is 0.507 e. The molecule has 7 nitrogen and oxygen atoms in total. The van der Waals surface area contributed by atoms with Gasteiger partial charge in [-0.3, -0.25) is 14.4 Å². The second-order valence-corrected chi connectivity index (χ2v) is 10.00. The van der Waals surface area contributed by atoms with Gasteiger partial charge in [0.2, 0.25) is 0 Å². The van der Waals surface area contributed by atoms with E-state index in [-0.39, 0.29) is 56.9 Å². The van der Waals surface area contributed by atoms with Crippen LogP contribution in [0.15, 0.2) is 103 Å². The maximum atomic E-state index is 13.6. The van der Waals surface area contributed by atoms with E-state index in [0.29, 0.717) is 11.1 Å². The van der Waals surface area contributed by atoms with Crippen molar-refractivity contribution in [3.8, 4) is 23.0 Å². The number of rotatable bonds is 9. The number of aromatic hydroxyl groups is 3.